The molecule has 20 heavy (non-hydrogen) atoms. The highest BCUT2D eigenvalue weighted by molar-refractivity contribution is 9.10. The lowest BCUT2D eigenvalue weighted by molar-refractivity contribution is 0.599. The van der Waals surface area contributed by atoms with E-state index in [0.717, 1.165) is 13.1 Å². The maximum absolute atomic E-state index is 3.64. The van der Waals surface area contributed by atoms with Gasteiger partial charge in [0, 0.05) is 4.47 Å². The number of halogens is 1. The van der Waals surface area contributed by atoms with Crippen molar-refractivity contribution < 1.29 is 0 Å². The molecule has 0 aliphatic carbocycles. The van der Waals surface area contributed by atoms with Gasteiger partial charge in [0.25, 0.3) is 0 Å². The second-order valence-electron chi connectivity index (χ2n) is 5.31. The zero-order valence-electron chi connectivity index (χ0n) is 12.3. The van der Waals surface area contributed by atoms with Gasteiger partial charge in [0.2, 0.25) is 0 Å². The third kappa shape index (κ3) is 4.32. The zero-order chi connectivity index (χ0) is 14.2. The van der Waals surface area contributed by atoms with Crippen molar-refractivity contribution in [2.75, 3.05) is 13.1 Å². The maximum atomic E-state index is 3.64. The van der Waals surface area contributed by atoms with Gasteiger partial charge in [-0.15, -0.1) is 0 Å². The summed E-state index contributed by atoms with van der Waals surface area (Å²) >= 11 is 3.64. The summed E-state index contributed by atoms with van der Waals surface area (Å²) in [7, 11) is 0. The van der Waals surface area contributed by atoms with E-state index in [1.807, 2.05) is 0 Å². The predicted octanol–water partition coefficient (Wildman–Crippen LogP) is 5.31. The van der Waals surface area contributed by atoms with E-state index in [4.69, 9.17) is 0 Å². The van der Waals surface area contributed by atoms with Crippen molar-refractivity contribution in [3.05, 3.63) is 46.4 Å². The van der Waals surface area contributed by atoms with E-state index in [9.17, 15) is 0 Å². The number of nitrogens with one attached hydrogen (secondary N) is 1. The molecule has 0 spiro atoms. The first-order valence-corrected chi connectivity index (χ1v) is 8.49. The molecule has 0 aliphatic rings. The maximum Gasteiger partial charge on any atom is 0.0253 e. The molecule has 1 N–H and O–H groups in total. The van der Waals surface area contributed by atoms with Crippen molar-refractivity contribution in [3.63, 3.8) is 0 Å². The molecule has 2 aromatic rings. The highest BCUT2D eigenvalue weighted by Gasteiger charge is 2.03. The summed E-state index contributed by atoms with van der Waals surface area (Å²) in [5.41, 5.74) is 1.48. The molecule has 0 aromatic heterocycles. The molecule has 0 amide bonds. The molecule has 0 bridgehead atoms. The second-order valence-corrected chi connectivity index (χ2v) is 6.17. The van der Waals surface area contributed by atoms with Crippen molar-refractivity contribution in [1.29, 1.82) is 0 Å². The smallest absolute Gasteiger partial charge is 0.0253 e. The van der Waals surface area contributed by atoms with Gasteiger partial charge in [0.15, 0.2) is 0 Å². The molecule has 0 fully saturated rings. The van der Waals surface area contributed by atoms with Crippen molar-refractivity contribution in [2.45, 2.75) is 39.0 Å². The van der Waals surface area contributed by atoms with Gasteiger partial charge in [0.05, 0.1) is 0 Å². The van der Waals surface area contributed by atoms with Crippen LogP contribution in [0.1, 0.15) is 38.2 Å². The van der Waals surface area contributed by atoms with Crippen molar-refractivity contribution in [3.8, 4) is 0 Å². The predicted molar refractivity (Wildman–Crippen MR) is 92.4 cm³/mol. The monoisotopic (exact) mass is 333 g/mol. The standard InChI is InChI=1S/C18H24BrN/c1-2-13-20-14-7-3-4-8-15-11-12-18(19)17-10-6-5-9-16(15)17/h5-6,9-12,20H,2-4,7-8,13-14H2,1H3. The Hall–Kier alpha value is -0.860. The van der Waals surface area contributed by atoms with Crippen LogP contribution in [-0.2, 0) is 6.42 Å². The summed E-state index contributed by atoms with van der Waals surface area (Å²) in [6, 6.07) is 13.1. The average molecular weight is 334 g/mol. The van der Waals surface area contributed by atoms with Gasteiger partial charge in [-0.2, -0.15) is 0 Å². The van der Waals surface area contributed by atoms with E-state index in [1.54, 1.807) is 0 Å². The minimum Gasteiger partial charge on any atom is -0.317 e. The van der Waals surface area contributed by atoms with Crippen LogP contribution in [0.25, 0.3) is 10.8 Å². The fourth-order valence-corrected chi connectivity index (χ4v) is 3.06. The van der Waals surface area contributed by atoms with Crippen molar-refractivity contribution in [2.24, 2.45) is 0 Å². The van der Waals surface area contributed by atoms with E-state index < -0.39 is 0 Å². The number of unbranched alkanes of at least 4 members (excludes halogenated alkanes) is 2. The van der Waals surface area contributed by atoms with Crippen LogP contribution < -0.4 is 5.32 Å². The van der Waals surface area contributed by atoms with E-state index in [1.165, 1.54) is 52.9 Å². The molecule has 2 heteroatoms. The van der Waals surface area contributed by atoms with Gasteiger partial charge >= 0.3 is 0 Å². The first-order valence-electron chi connectivity index (χ1n) is 7.69. The molecule has 108 valence electrons. The summed E-state index contributed by atoms with van der Waals surface area (Å²) in [5, 5.41) is 6.19. The SMILES string of the molecule is CCCNCCCCCc1ccc(Br)c2ccccc12. The third-order valence-corrected chi connectivity index (χ3v) is 4.38. The molecule has 2 aromatic carbocycles. The minimum absolute atomic E-state index is 1.15. The lowest BCUT2D eigenvalue weighted by Crippen LogP contribution is -2.15. The molecular weight excluding hydrogens is 310 g/mol. The first kappa shape index (κ1) is 15.5. The third-order valence-electron chi connectivity index (χ3n) is 3.69. The Kier molecular flexibility index (Phi) is 6.55. The second kappa shape index (κ2) is 8.43. The fraction of sp³-hybridized carbons (Fsp3) is 0.444. The Labute approximate surface area is 130 Å². The van der Waals surface area contributed by atoms with E-state index in [-0.39, 0.29) is 0 Å². The lowest BCUT2D eigenvalue weighted by atomic mass is 10.00. The molecule has 0 aliphatic heterocycles. The van der Waals surface area contributed by atoms with Crippen molar-refractivity contribution >= 4 is 26.7 Å². The normalized spacial score (nSPS) is 11.1. The van der Waals surface area contributed by atoms with Crippen LogP contribution in [0.4, 0.5) is 0 Å². The number of fused-ring (bicyclic) bond motifs is 1. The van der Waals surface area contributed by atoms with Gasteiger partial charge in [0.1, 0.15) is 0 Å². The number of aryl methyl sites for hydroxylation is 1. The summed E-state index contributed by atoms with van der Waals surface area (Å²) < 4.78 is 1.20. The quantitative estimate of drug-likeness (QED) is 0.645. The summed E-state index contributed by atoms with van der Waals surface area (Å²) in [5.74, 6) is 0. The average Bonchev–Trinajstić information content (AvgIpc) is 2.49. The van der Waals surface area contributed by atoms with Crippen LogP contribution in [0.2, 0.25) is 0 Å². The Morgan fingerprint density at radius 2 is 1.70 bits per heavy atom. The Balaban J connectivity index is 1.86. The molecule has 0 unspecified atom stereocenters. The molecule has 0 radical (unpaired) electrons. The molecule has 2 rings (SSSR count). The number of benzene rings is 2. The highest BCUT2D eigenvalue weighted by Crippen LogP contribution is 2.27. The van der Waals surface area contributed by atoms with E-state index in [2.05, 4.69) is 64.6 Å². The van der Waals surface area contributed by atoms with Gasteiger partial charge in [-0.1, -0.05) is 59.6 Å². The van der Waals surface area contributed by atoms with Crippen LogP contribution in [-0.4, -0.2) is 13.1 Å². The largest absolute Gasteiger partial charge is 0.317 e. The molecule has 0 saturated heterocycles. The van der Waals surface area contributed by atoms with Gasteiger partial charge in [-0.05, 0) is 61.2 Å². The molecule has 0 atom stereocenters. The van der Waals surface area contributed by atoms with Crippen LogP contribution in [0.3, 0.4) is 0 Å². The number of hydrogen-bond acceptors (Lipinski definition) is 1. The summed E-state index contributed by atoms with van der Waals surface area (Å²) in [4.78, 5) is 0. The van der Waals surface area contributed by atoms with Crippen LogP contribution >= 0.6 is 15.9 Å². The number of rotatable bonds is 8. The van der Waals surface area contributed by atoms with E-state index in [0.29, 0.717) is 0 Å². The Morgan fingerprint density at radius 3 is 2.50 bits per heavy atom. The molecule has 0 heterocycles. The van der Waals surface area contributed by atoms with E-state index >= 15 is 0 Å². The molecular formula is C18H24BrN. The van der Waals surface area contributed by atoms with Crippen LogP contribution in [0.5, 0.6) is 0 Å². The Morgan fingerprint density at radius 1 is 0.900 bits per heavy atom. The Bertz CT molecular complexity index is 536. The molecule has 0 saturated carbocycles. The lowest BCUT2D eigenvalue weighted by Gasteiger charge is -2.08. The summed E-state index contributed by atoms with van der Waals surface area (Å²) in [6.07, 6.45) is 6.28. The van der Waals surface area contributed by atoms with Gasteiger partial charge in [-0.3, -0.25) is 0 Å². The zero-order valence-corrected chi connectivity index (χ0v) is 13.9. The van der Waals surface area contributed by atoms with Crippen LogP contribution in [0, 0.1) is 0 Å². The van der Waals surface area contributed by atoms with Gasteiger partial charge in [-0.25, -0.2) is 0 Å². The summed E-state index contributed by atoms with van der Waals surface area (Å²) in [6.45, 7) is 4.53. The van der Waals surface area contributed by atoms with Gasteiger partial charge < -0.3 is 5.32 Å². The number of hydrogen-bond donors (Lipinski definition) is 1. The van der Waals surface area contributed by atoms with Crippen molar-refractivity contribution in [1.82, 2.24) is 5.32 Å². The topological polar surface area (TPSA) is 12.0 Å². The first-order chi connectivity index (χ1) is 9.83. The van der Waals surface area contributed by atoms with Crippen LogP contribution in [0.15, 0.2) is 40.9 Å². The fourth-order valence-electron chi connectivity index (χ4n) is 2.59. The molecule has 1 nitrogen and oxygen atoms in total. The highest BCUT2D eigenvalue weighted by atomic mass is 79.9. The minimum atomic E-state index is 1.15.